The van der Waals surface area contributed by atoms with Crippen LogP contribution in [0.3, 0.4) is 0 Å². The van der Waals surface area contributed by atoms with E-state index in [0.29, 0.717) is 17.9 Å². The first-order valence-corrected chi connectivity index (χ1v) is 9.07. The monoisotopic (exact) mass is 358 g/mol. The van der Waals surface area contributed by atoms with Gasteiger partial charge in [-0.15, -0.1) is 16.4 Å². The zero-order valence-corrected chi connectivity index (χ0v) is 14.3. The zero-order valence-electron chi connectivity index (χ0n) is 13.5. The van der Waals surface area contributed by atoms with Gasteiger partial charge in [-0.25, -0.2) is 19.3 Å². The number of amides is 1. The first kappa shape index (κ1) is 15.8. The Kier molecular flexibility index (Phi) is 4.22. The number of thiophene rings is 1. The van der Waals surface area contributed by atoms with Crippen molar-refractivity contribution < 1.29 is 4.79 Å². The highest BCUT2D eigenvalue weighted by atomic mass is 32.1. The highest BCUT2D eigenvalue weighted by Crippen LogP contribution is 2.20. The molecule has 0 aliphatic carbocycles. The van der Waals surface area contributed by atoms with Crippen molar-refractivity contribution in [1.29, 1.82) is 0 Å². The first-order chi connectivity index (χ1) is 12.2. The Morgan fingerprint density at radius 2 is 2.24 bits per heavy atom. The van der Waals surface area contributed by atoms with Gasteiger partial charge in [-0.2, -0.15) is 0 Å². The van der Waals surface area contributed by atoms with Gasteiger partial charge in [0.25, 0.3) is 0 Å². The van der Waals surface area contributed by atoms with Crippen LogP contribution in [0.2, 0.25) is 0 Å². The van der Waals surface area contributed by atoms with Crippen molar-refractivity contribution in [2.45, 2.75) is 25.3 Å². The average Bonchev–Trinajstić information content (AvgIpc) is 3.26. The van der Waals surface area contributed by atoms with Crippen LogP contribution in [0.1, 0.15) is 17.7 Å². The maximum Gasteiger partial charge on any atom is 0.347 e. The molecule has 3 aromatic heterocycles. The molecule has 0 saturated carbocycles. The second-order valence-corrected chi connectivity index (χ2v) is 7.09. The number of hydrogen-bond acceptors (Lipinski definition) is 6. The second kappa shape index (κ2) is 6.67. The fraction of sp³-hybridized carbons (Fsp3) is 0.375. The van der Waals surface area contributed by atoms with Crippen LogP contribution in [0.25, 0.3) is 5.65 Å². The summed E-state index contributed by atoms with van der Waals surface area (Å²) < 4.78 is 1.46. The summed E-state index contributed by atoms with van der Waals surface area (Å²) in [6, 6.07) is 4.11. The number of anilines is 1. The van der Waals surface area contributed by atoms with E-state index in [4.69, 9.17) is 0 Å². The van der Waals surface area contributed by atoms with Gasteiger partial charge in [-0.1, -0.05) is 6.07 Å². The molecule has 1 aliphatic rings. The van der Waals surface area contributed by atoms with Gasteiger partial charge in [0.15, 0.2) is 5.82 Å². The largest absolute Gasteiger partial charge is 0.353 e. The van der Waals surface area contributed by atoms with Crippen molar-refractivity contribution in [1.82, 2.24) is 24.9 Å². The van der Waals surface area contributed by atoms with Crippen LogP contribution in [-0.4, -0.2) is 44.6 Å². The lowest BCUT2D eigenvalue weighted by atomic mass is 10.0. The van der Waals surface area contributed by atoms with Crippen molar-refractivity contribution in [3.8, 4) is 0 Å². The van der Waals surface area contributed by atoms with E-state index in [1.165, 1.54) is 4.40 Å². The number of hydrogen-bond donors (Lipinski definition) is 2. The highest BCUT2D eigenvalue weighted by Gasteiger charge is 2.23. The Bertz CT molecular complexity index is 924. The van der Waals surface area contributed by atoms with Crippen molar-refractivity contribution in [2.75, 3.05) is 18.0 Å². The standard InChI is InChI=1S/C16H18N6O2S/c23-13(10-12-2-1-9-25-12)18-11-3-6-21(7-4-11)14-15-19-20-16(24)22(15)8-5-17-14/h1-2,5,8-9,11H,3-4,6-7,10H2,(H,18,23)(H,20,24). The summed E-state index contributed by atoms with van der Waals surface area (Å²) in [4.78, 5) is 31.4. The molecular formula is C16H18N6O2S. The van der Waals surface area contributed by atoms with Crippen LogP contribution in [0, 0.1) is 0 Å². The molecule has 0 bridgehead atoms. The Labute approximate surface area is 147 Å². The summed E-state index contributed by atoms with van der Waals surface area (Å²) in [6.45, 7) is 1.52. The van der Waals surface area contributed by atoms with E-state index in [1.54, 1.807) is 23.7 Å². The predicted molar refractivity (Wildman–Crippen MR) is 95.0 cm³/mol. The number of nitrogens with zero attached hydrogens (tertiary/aromatic N) is 4. The topological polar surface area (TPSA) is 95.4 Å². The summed E-state index contributed by atoms with van der Waals surface area (Å²) in [6.07, 6.45) is 5.33. The molecule has 4 heterocycles. The zero-order chi connectivity index (χ0) is 17.2. The molecule has 9 heteroatoms. The number of aromatic nitrogens is 4. The number of H-pyrrole nitrogens is 1. The Morgan fingerprint density at radius 1 is 1.40 bits per heavy atom. The third-order valence-electron chi connectivity index (χ3n) is 4.39. The number of aromatic amines is 1. The van der Waals surface area contributed by atoms with Crippen LogP contribution < -0.4 is 15.9 Å². The summed E-state index contributed by atoms with van der Waals surface area (Å²) in [5.74, 6) is 0.768. The molecule has 0 radical (unpaired) electrons. The summed E-state index contributed by atoms with van der Waals surface area (Å²) in [5.41, 5.74) is 0.266. The highest BCUT2D eigenvalue weighted by molar-refractivity contribution is 7.10. The van der Waals surface area contributed by atoms with E-state index in [9.17, 15) is 9.59 Å². The van der Waals surface area contributed by atoms with E-state index >= 15 is 0 Å². The molecular weight excluding hydrogens is 340 g/mol. The predicted octanol–water partition coefficient (Wildman–Crippen LogP) is 0.807. The maximum absolute atomic E-state index is 12.1. The van der Waals surface area contributed by atoms with Gasteiger partial charge in [0, 0.05) is 36.4 Å². The van der Waals surface area contributed by atoms with Crippen molar-refractivity contribution in [2.24, 2.45) is 0 Å². The fourth-order valence-electron chi connectivity index (χ4n) is 3.14. The molecule has 130 valence electrons. The molecule has 0 aromatic carbocycles. The molecule has 0 atom stereocenters. The summed E-state index contributed by atoms with van der Waals surface area (Å²) in [7, 11) is 0. The molecule has 1 saturated heterocycles. The molecule has 1 aliphatic heterocycles. The molecule has 2 N–H and O–H groups in total. The van der Waals surface area contributed by atoms with Crippen LogP contribution >= 0.6 is 11.3 Å². The van der Waals surface area contributed by atoms with Crippen LogP contribution in [0.4, 0.5) is 5.82 Å². The Balaban J connectivity index is 1.38. The van der Waals surface area contributed by atoms with Gasteiger partial charge >= 0.3 is 5.69 Å². The minimum Gasteiger partial charge on any atom is -0.353 e. The van der Waals surface area contributed by atoms with Crippen LogP contribution in [0.5, 0.6) is 0 Å². The average molecular weight is 358 g/mol. The van der Waals surface area contributed by atoms with Gasteiger partial charge in [0.05, 0.1) is 6.42 Å². The van der Waals surface area contributed by atoms with E-state index < -0.39 is 0 Å². The third-order valence-corrected chi connectivity index (χ3v) is 5.27. The summed E-state index contributed by atoms with van der Waals surface area (Å²) in [5, 5.41) is 11.6. The van der Waals surface area contributed by atoms with Crippen LogP contribution in [-0.2, 0) is 11.2 Å². The van der Waals surface area contributed by atoms with Gasteiger partial charge < -0.3 is 10.2 Å². The minimum absolute atomic E-state index is 0.0694. The van der Waals surface area contributed by atoms with Gasteiger partial charge in [-0.05, 0) is 24.3 Å². The third kappa shape index (κ3) is 3.27. The number of piperidine rings is 1. The maximum atomic E-state index is 12.1. The molecule has 3 aromatic rings. The molecule has 0 unspecified atom stereocenters. The quantitative estimate of drug-likeness (QED) is 0.719. The molecule has 4 rings (SSSR count). The molecule has 8 nitrogen and oxygen atoms in total. The van der Waals surface area contributed by atoms with Gasteiger partial charge in [0.1, 0.15) is 0 Å². The van der Waals surface area contributed by atoms with Gasteiger partial charge in [-0.3, -0.25) is 4.79 Å². The fourth-order valence-corrected chi connectivity index (χ4v) is 3.84. The lowest BCUT2D eigenvalue weighted by Gasteiger charge is -2.33. The van der Waals surface area contributed by atoms with E-state index in [2.05, 4.69) is 25.4 Å². The van der Waals surface area contributed by atoms with Crippen LogP contribution in [0.15, 0.2) is 34.7 Å². The number of fused-ring (bicyclic) bond motifs is 1. The van der Waals surface area contributed by atoms with Crippen molar-refractivity contribution >= 4 is 28.7 Å². The lowest BCUT2D eigenvalue weighted by Crippen LogP contribution is -2.45. The van der Waals surface area contributed by atoms with E-state index in [0.717, 1.165) is 30.8 Å². The number of carbonyl (C=O) groups is 1. The smallest absolute Gasteiger partial charge is 0.347 e. The van der Waals surface area contributed by atoms with E-state index in [1.807, 2.05) is 17.5 Å². The number of carbonyl (C=O) groups excluding carboxylic acids is 1. The normalized spacial score (nSPS) is 15.6. The van der Waals surface area contributed by atoms with Crippen molar-refractivity contribution in [3.63, 3.8) is 0 Å². The number of rotatable bonds is 4. The molecule has 25 heavy (non-hydrogen) atoms. The second-order valence-electron chi connectivity index (χ2n) is 6.06. The molecule has 1 amide bonds. The Hall–Kier alpha value is -2.68. The first-order valence-electron chi connectivity index (χ1n) is 8.19. The van der Waals surface area contributed by atoms with E-state index in [-0.39, 0.29) is 17.6 Å². The molecule has 0 spiro atoms. The molecule has 1 fully saturated rings. The lowest BCUT2D eigenvalue weighted by molar-refractivity contribution is -0.121. The minimum atomic E-state index is -0.269. The number of nitrogens with one attached hydrogen (secondary N) is 2. The SMILES string of the molecule is O=C(Cc1cccs1)NC1CCN(c2nccn3c(=O)[nH]nc23)CC1. The van der Waals surface area contributed by atoms with Gasteiger partial charge in [0.2, 0.25) is 11.6 Å². The summed E-state index contributed by atoms with van der Waals surface area (Å²) >= 11 is 1.60. The van der Waals surface area contributed by atoms with Crippen molar-refractivity contribution in [3.05, 3.63) is 45.3 Å². The Morgan fingerprint density at radius 3 is 3.00 bits per heavy atom.